The van der Waals surface area contributed by atoms with E-state index in [0.717, 1.165) is 16.0 Å². The summed E-state index contributed by atoms with van der Waals surface area (Å²) in [6, 6.07) is 9.35. The van der Waals surface area contributed by atoms with Gasteiger partial charge in [-0.3, -0.25) is 4.79 Å². The molecule has 0 N–H and O–H groups in total. The molecule has 1 aromatic heterocycles. The van der Waals surface area contributed by atoms with E-state index in [1.54, 1.807) is 16.2 Å². The van der Waals surface area contributed by atoms with Crippen LogP contribution in [0.15, 0.2) is 35.7 Å². The molecule has 1 aromatic carbocycles. The van der Waals surface area contributed by atoms with Gasteiger partial charge in [-0.2, -0.15) is 0 Å². The molecule has 2 aromatic rings. The zero-order valence-electron chi connectivity index (χ0n) is 15.0. The highest BCUT2D eigenvalue weighted by atomic mass is 32.2. The summed E-state index contributed by atoms with van der Waals surface area (Å²) in [7, 11) is -3.06. The van der Waals surface area contributed by atoms with Gasteiger partial charge in [0, 0.05) is 10.9 Å². The molecule has 1 aliphatic heterocycles. The van der Waals surface area contributed by atoms with E-state index in [1.165, 1.54) is 0 Å². The highest BCUT2D eigenvalue weighted by Crippen LogP contribution is 2.24. The van der Waals surface area contributed by atoms with Crippen LogP contribution in [-0.2, 0) is 21.2 Å². The first-order chi connectivity index (χ1) is 12.4. The van der Waals surface area contributed by atoms with Crippen molar-refractivity contribution < 1.29 is 17.9 Å². The molecule has 1 saturated heterocycles. The average Bonchev–Trinajstić information content (AvgIpc) is 3.23. The largest absolute Gasteiger partial charge is 0.483 e. The Labute approximate surface area is 158 Å². The molecule has 0 saturated carbocycles. The van der Waals surface area contributed by atoms with E-state index in [4.69, 9.17) is 4.74 Å². The Balaban J connectivity index is 1.73. The minimum absolute atomic E-state index is 0.0353. The average molecular weight is 394 g/mol. The van der Waals surface area contributed by atoms with Crippen LogP contribution < -0.4 is 4.74 Å². The molecule has 5 nitrogen and oxygen atoms in total. The molecule has 1 amide bonds. The number of ether oxygens (including phenoxy) is 1. The highest BCUT2D eigenvalue weighted by molar-refractivity contribution is 7.91. The van der Waals surface area contributed by atoms with Crippen LogP contribution >= 0.6 is 11.3 Å². The van der Waals surface area contributed by atoms with Gasteiger partial charge >= 0.3 is 0 Å². The van der Waals surface area contributed by atoms with Gasteiger partial charge in [0.15, 0.2) is 16.4 Å². The van der Waals surface area contributed by atoms with Crippen molar-refractivity contribution in [3.63, 3.8) is 0 Å². The van der Waals surface area contributed by atoms with E-state index < -0.39 is 9.84 Å². The molecule has 26 heavy (non-hydrogen) atoms. The lowest BCUT2D eigenvalue weighted by Crippen LogP contribution is -2.42. The highest BCUT2D eigenvalue weighted by Gasteiger charge is 2.35. The van der Waals surface area contributed by atoms with Crippen molar-refractivity contribution in [1.29, 1.82) is 0 Å². The van der Waals surface area contributed by atoms with Crippen molar-refractivity contribution in [2.45, 2.75) is 32.9 Å². The Bertz CT molecular complexity index is 875. The lowest BCUT2D eigenvalue weighted by molar-refractivity contribution is -0.135. The summed E-state index contributed by atoms with van der Waals surface area (Å²) in [6.07, 6.45) is 0.489. The van der Waals surface area contributed by atoms with Gasteiger partial charge in [-0.15, -0.1) is 11.3 Å². The quantitative estimate of drug-likeness (QED) is 0.757. The van der Waals surface area contributed by atoms with Crippen LogP contribution in [-0.4, -0.2) is 43.4 Å². The summed E-state index contributed by atoms with van der Waals surface area (Å²) < 4.78 is 29.5. The number of sulfone groups is 1. The molecule has 0 unspecified atom stereocenters. The topological polar surface area (TPSA) is 63.7 Å². The predicted octanol–water partition coefficient (Wildman–Crippen LogP) is 2.96. The Morgan fingerprint density at radius 3 is 2.73 bits per heavy atom. The first kappa shape index (κ1) is 18.9. The van der Waals surface area contributed by atoms with Crippen molar-refractivity contribution in [2.75, 3.05) is 18.1 Å². The number of hydrogen-bond acceptors (Lipinski definition) is 5. The maximum atomic E-state index is 12.8. The minimum Gasteiger partial charge on any atom is -0.483 e. The fourth-order valence-electron chi connectivity index (χ4n) is 3.12. The fraction of sp³-hybridized carbons (Fsp3) is 0.421. The third-order valence-corrected chi connectivity index (χ3v) is 7.39. The zero-order valence-corrected chi connectivity index (χ0v) is 16.6. The molecule has 7 heteroatoms. The Morgan fingerprint density at radius 2 is 2.08 bits per heavy atom. The molecule has 3 rings (SSSR count). The summed E-state index contributed by atoms with van der Waals surface area (Å²) >= 11 is 1.56. The Kier molecular flexibility index (Phi) is 5.67. The van der Waals surface area contributed by atoms with E-state index in [2.05, 4.69) is 0 Å². The lowest BCUT2D eigenvalue weighted by atomic mass is 10.1. The molecule has 0 radical (unpaired) electrons. The second-order valence-corrected chi connectivity index (χ2v) is 9.91. The number of hydrogen-bond donors (Lipinski definition) is 0. The van der Waals surface area contributed by atoms with Crippen molar-refractivity contribution in [3.05, 3.63) is 51.7 Å². The van der Waals surface area contributed by atoms with Crippen molar-refractivity contribution in [3.8, 4) is 5.75 Å². The number of amides is 1. The third-order valence-electron chi connectivity index (χ3n) is 4.78. The molecule has 140 valence electrons. The number of thiophene rings is 1. The number of rotatable bonds is 6. The first-order valence-corrected chi connectivity index (χ1v) is 11.3. The second-order valence-electron chi connectivity index (χ2n) is 6.64. The summed E-state index contributed by atoms with van der Waals surface area (Å²) in [5.41, 5.74) is 2.11. The van der Waals surface area contributed by atoms with Gasteiger partial charge < -0.3 is 9.64 Å². The van der Waals surface area contributed by atoms with Gasteiger partial charge in [-0.05, 0) is 48.9 Å². The fourth-order valence-corrected chi connectivity index (χ4v) is 5.55. The number of nitrogens with zero attached hydrogens (tertiary/aromatic N) is 1. The van der Waals surface area contributed by atoms with Gasteiger partial charge in [-0.25, -0.2) is 8.42 Å². The number of benzene rings is 1. The van der Waals surface area contributed by atoms with Gasteiger partial charge in [0.1, 0.15) is 5.75 Å². The summed E-state index contributed by atoms with van der Waals surface area (Å²) in [5.74, 6) is 0.687. The smallest absolute Gasteiger partial charge is 0.261 e. The predicted molar refractivity (Wildman–Crippen MR) is 103 cm³/mol. The molecule has 2 heterocycles. The van der Waals surface area contributed by atoms with Crippen molar-refractivity contribution >= 4 is 27.1 Å². The van der Waals surface area contributed by atoms with E-state index in [-0.39, 0.29) is 30.1 Å². The second kappa shape index (κ2) is 7.80. The Morgan fingerprint density at radius 1 is 1.27 bits per heavy atom. The molecular formula is C19H23NO4S2. The van der Waals surface area contributed by atoms with Crippen LogP contribution in [0.5, 0.6) is 5.75 Å². The monoisotopic (exact) mass is 393 g/mol. The van der Waals surface area contributed by atoms with Gasteiger partial charge in [0.25, 0.3) is 5.91 Å². The number of aryl methyl sites for hydroxylation is 1. The van der Waals surface area contributed by atoms with Crippen LogP contribution in [0.1, 0.15) is 22.4 Å². The van der Waals surface area contributed by atoms with Gasteiger partial charge in [-0.1, -0.05) is 18.2 Å². The van der Waals surface area contributed by atoms with Crippen LogP contribution in [0.4, 0.5) is 0 Å². The van der Waals surface area contributed by atoms with Crippen LogP contribution in [0.2, 0.25) is 0 Å². The standard InChI is InChI=1S/C19H23NO4S2/c1-14-5-3-7-18(15(14)2)24-12-19(21)20(11-17-6-4-9-25-17)16-8-10-26(22,23)13-16/h3-7,9,16H,8,10-13H2,1-2H3/t16-/m1/s1. The van der Waals surface area contributed by atoms with Crippen LogP contribution in [0.25, 0.3) is 0 Å². The van der Waals surface area contributed by atoms with E-state index >= 15 is 0 Å². The molecule has 0 aliphatic carbocycles. The number of carbonyl (C=O) groups excluding carboxylic acids is 1. The van der Waals surface area contributed by atoms with E-state index in [9.17, 15) is 13.2 Å². The van der Waals surface area contributed by atoms with Gasteiger partial charge in [0.05, 0.1) is 18.1 Å². The molecule has 0 bridgehead atoms. The summed E-state index contributed by atoms with van der Waals surface area (Å²) in [4.78, 5) is 15.6. The Hall–Kier alpha value is -1.86. The summed E-state index contributed by atoms with van der Waals surface area (Å²) in [5, 5.41) is 1.95. The van der Waals surface area contributed by atoms with Crippen LogP contribution in [0, 0.1) is 13.8 Å². The van der Waals surface area contributed by atoms with Crippen LogP contribution in [0.3, 0.4) is 0 Å². The molecule has 0 spiro atoms. The SMILES string of the molecule is Cc1cccc(OCC(=O)N(Cc2cccs2)[C@@H]2CCS(=O)(=O)C2)c1C. The van der Waals surface area contributed by atoms with Crippen molar-refractivity contribution in [1.82, 2.24) is 4.90 Å². The minimum atomic E-state index is -3.06. The zero-order chi connectivity index (χ0) is 18.7. The van der Waals surface area contributed by atoms with Crippen molar-refractivity contribution in [2.24, 2.45) is 0 Å². The number of carbonyl (C=O) groups is 1. The third kappa shape index (κ3) is 4.45. The molecule has 1 atom stereocenters. The molecular weight excluding hydrogens is 370 g/mol. The first-order valence-electron chi connectivity index (χ1n) is 8.57. The lowest BCUT2D eigenvalue weighted by Gasteiger charge is -2.28. The maximum Gasteiger partial charge on any atom is 0.261 e. The van der Waals surface area contributed by atoms with E-state index in [1.807, 2.05) is 49.6 Å². The van der Waals surface area contributed by atoms with E-state index in [0.29, 0.717) is 18.7 Å². The molecule has 1 fully saturated rings. The normalized spacial score (nSPS) is 18.6. The maximum absolute atomic E-state index is 12.8. The summed E-state index contributed by atoms with van der Waals surface area (Å²) in [6.45, 7) is 4.29. The van der Waals surface area contributed by atoms with Gasteiger partial charge in [0.2, 0.25) is 0 Å². The molecule has 1 aliphatic rings.